The standard InChI is InChI=1S/C24H26N6O2/c1-4-32-24(31)18-10-12-19(13-11-18)25-22-21-23(27-20(26-22)14-16(2)3)30(29-28-21)15-17-8-6-5-7-9-17/h5-13,16H,4,14-15H2,1-3H3,(H,25,26,27). The third-order valence-corrected chi connectivity index (χ3v) is 4.83. The molecule has 0 atom stereocenters. The first-order valence-electron chi connectivity index (χ1n) is 10.7. The second kappa shape index (κ2) is 9.55. The number of fused-ring (bicyclic) bond motifs is 1. The minimum Gasteiger partial charge on any atom is -0.462 e. The van der Waals surface area contributed by atoms with Crippen LogP contribution in [0, 0.1) is 5.92 Å². The molecule has 0 saturated carbocycles. The summed E-state index contributed by atoms with van der Waals surface area (Å²) in [5, 5.41) is 12.0. The zero-order valence-corrected chi connectivity index (χ0v) is 18.4. The topological polar surface area (TPSA) is 94.8 Å². The van der Waals surface area contributed by atoms with E-state index < -0.39 is 0 Å². The molecule has 2 heterocycles. The van der Waals surface area contributed by atoms with Crippen LogP contribution in [0.4, 0.5) is 11.5 Å². The van der Waals surface area contributed by atoms with E-state index in [1.54, 1.807) is 23.7 Å². The molecule has 0 unspecified atom stereocenters. The second-order valence-electron chi connectivity index (χ2n) is 7.91. The van der Waals surface area contributed by atoms with E-state index >= 15 is 0 Å². The minimum atomic E-state index is -0.341. The van der Waals surface area contributed by atoms with Crippen molar-refractivity contribution in [3.8, 4) is 0 Å². The maximum Gasteiger partial charge on any atom is 0.338 e. The molecule has 1 N–H and O–H groups in total. The lowest BCUT2D eigenvalue weighted by Gasteiger charge is -2.10. The Labute approximate surface area is 186 Å². The fourth-order valence-corrected chi connectivity index (χ4v) is 3.35. The molecule has 4 rings (SSSR count). The van der Waals surface area contributed by atoms with E-state index in [0.717, 1.165) is 23.5 Å². The van der Waals surface area contributed by atoms with Crippen molar-refractivity contribution in [2.24, 2.45) is 5.92 Å². The number of anilines is 2. The Morgan fingerprint density at radius 2 is 1.81 bits per heavy atom. The molecule has 0 fully saturated rings. The molecule has 0 aliphatic carbocycles. The Hall–Kier alpha value is -3.81. The highest BCUT2D eigenvalue weighted by Crippen LogP contribution is 2.24. The summed E-state index contributed by atoms with van der Waals surface area (Å²) in [6.45, 7) is 6.97. The maximum absolute atomic E-state index is 11.9. The monoisotopic (exact) mass is 430 g/mol. The summed E-state index contributed by atoms with van der Waals surface area (Å²) in [4.78, 5) is 21.4. The molecule has 2 aromatic carbocycles. The zero-order chi connectivity index (χ0) is 22.5. The third-order valence-electron chi connectivity index (χ3n) is 4.83. The number of ether oxygens (including phenoxy) is 1. The fraction of sp³-hybridized carbons (Fsp3) is 0.292. The van der Waals surface area contributed by atoms with E-state index in [1.807, 2.05) is 42.5 Å². The molecule has 0 amide bonds. The summed E-state index contributed by atoms with van der Waals surface area (Å²) < 4.78 is 6.84. The van der Waals surface area contributed by atoms with Gasteiger partial charge in [-0.25, -0.2) is 19.4 Å². The Kier molecular flexibility index (Phi) is 6.39. The number of esters is 1. The second-order valence-corrected chi connectivity index (χ2v) is 7.91. The number of nitrogens with zero attached hydrogens (tertiary/aromatic N) is 5. The fourth-order valence-electron chi connectivity index (χ4n) is 3.35. The average Bonchev–Trinajstić information content (AvgIpc) is 3.17. The van der Waals surface area contributed by atoms with Crippen molar-refractivity contribution in [2.75, 3.05) is 11.9 Å². The van der Waals surface area contributed by atoms with Crippen molar-refractivity contribution in [3.05, 3.63) is 71.5 Å². The van der Waals surface area contributed by atoms with Gasteiger partial charge in [0, 0.05) is 12.1 Å². The first-order chi connectivity index (χ1) is 15.5. The summed E-state index contributed by atoms with van der Waals surface area (Å²) in [6.07, 6.45) is 0.739. The summed E-state index contributed by atoms with van der Waals surface area (Å²) in [5.41, 5.74) is 3.69. The number of benzene rings is 2. The van der Waals surface area contributed by atoms with Gasteiger partial charge in [0.2, 0.25) is 0 Å². The van der Waals surface area contributed by atoms with E-state index in [2.05, 4.69) is 29.5 Å². The summed E-state index contributed by atoms with van der Waals surface area (Å²) in [7, 11) is 0. The van der Waals surface area contributed by atoms with Gasteiger partial charge >= 0.3 is 5.97 Å². The molecule has 0 saturated heterocycles. The van der Waals surface area contributed by atoms with Gasteiger partial charge in [0.1, 0.15) is 5.82 Å². The minimum absolute atomic E-state index is 0.341. The van der Waals surface area contributed by atoms with Gasteiger partial charge in [-0.3, -0.25) is 0 Å². The highest BCUT2D eigenvalue weighted by molar-refractivity contribution is 5.90. The van der Waals surface area contributed by atoms with E-state index in [4.69, 9.17) is 14.7 Å². The van der Waals surface area contributed by atoms with Crippen LogP contribution in [-0.4, -0.2) is 37.5 Å². The molecular formula is C24H26N6O2. The van der Waals surface area contributed by atoms with Crippen molar-refractivity contribution in [1.29, 1.82) is 0 Å². The summed E-state index contributed by atoms with van der Waals surface area (Å²) >= 11 is 0. The average molecular weight is 431 g/mol. The van der Waals surface area contributed by atoms with Crippen LogP contribution in [0.1, 0.15) is 42.5 Å². The van der Waals surface area contributed by atoms with Crippen LogP contribution < -0.4 is 5.32 Å². The lowest BCUT2D eigenvalue weighted by Crippen LogP contribution is -2.08. The van der Waals surface area contributed by atoms with Crippen LogP contribution in [-0.2, 0) is 17.7 Å². The summed E-state index contributed by atoms with van der Waals surface area (Å²) in [6, 6.07) is 17.2. The Morgan fingerprint density at radius 1 is 1.06 bits per heavy atom. The molecule has 0 bridgehead atoms. The number of hydrogen-bond donors (Lipinski definition) is 1. The lowest BCUT2D eigenvalue weighted by atomic mass is 10.1. The number of carbonyl (C=O) groups excluding carboxylic acids is 1. The van der Waals surface area contributed by atoms with Crippen LogP contribution in [0.5, 0.6) is 0 Å². The van der Waals surface area contributed by atoms with Crippen molar-refractivity contribution in [3.63, 3.8) is 0 Å². The van der Waals surface area contributed by atoms with Gasteiger partial charge in [-0.15, -0.1) is 5.10 Å². The van der Waals surface area contributed by atoms with Crippen LogP contribution in [0.3, 0.4) is 0 Å². The normalized spacial score (nSPS) is 11.1. The van der Waals surface area contributed by atoms with Crippen molar-refractivity contribution < 1.29 is 9.53 Å². The number of carbonyl (C=O) groups is 1. The smallest absolute Gasteiger partial charge is 0.338 e. The third kappa shape index (κ3) is 4.91. The van der Waals surface area contributed by atoms with E-state index in [-0.39, 0.29) is 5.97 Å². The highest BCUT2D eigenvalue weighted by atomic mass is 16.5. The van der Waals surface area contributed by atoms with Crippen molar-refractivity contribution in [1.82, 2.24) is 25.0 Å². The van der Waals surface area contributed by atoms with Crippen LogP contribution in [0.2, 0.25) is 0 Å². The predicted octanol–water partition coefficient (Wildman–Crippen LogP) is 4.39. The van der Waals surface area contributed by atoms with Crippen LogP contribution >= 0.6 is 0 Å². The summed E-state index contributed by atoms with van der Waals surface area (Å²) in [5.74, 6) is 1.39. The first-order valence-corrected chi connectivity index (χ1v) is 10.7. The number of rotatable bonds is 8. The molecule has 8 heteroatoms. The van der Waals surface area contributed by atoms with Gasteiger partial charge < -0.3 is 10.1 Å². The van der Waals surface area contributed by atoms with E-state index in [1.165, 1.54) is 0 Å². The molecule has 0 aliphatic heterocycles. The molecule has 2 aromatic heterocycles. The van der Waals surface area contributed by atoms with E-state index in [0.29, 0.717) is 41.6 Å². The first kappa shape index (κ1) is 21.4. The number of aromatic nitrogens is 5. The van der Waals surface area contributed by atoms with Crippen molar-refractivity contribution >= 4 is 28.6 Å². The molecule has 0 radical (unpaired) electrons. The predicted molar refractivity (Wildman–Crippen MR) is 123 cm³/mol. The van der Waals surface area contributed by atoms with Gasteiger partial charge in [0.05, 0.1) is 18.7 Å². The molecule has 4 aromatic rings. The van der Waals surface area contributed by atoms with Gasteiger partial charge in [0.25, 0.3) is 0 Å². The molecule has 32 heavy (non-hydrogen) atoms. The lowest BCUT2D eigenvalue weighted by molar-refractivity contribution is 0.0526. The van der Waals surface area contributed by atoms with Crippen LogP contribution in [0.25, 0.3) is 11.2 Å². The SMILES string of the molecule is CCOC(=O)c1ccc(Nc2nc(CC(C)C)nc3c2nnn3Cc2ccccc2)cc1. The molecule has 0 spiro atoms. The number of hydrogen-bond acceptors (Lipinski definition) is 7. The van der Waals surface area contributed by atoms with Gasteiger partial charge in [0.15, 0.2) is 17.0 Å². The molecular weight excluding hydrogens is 404 g/mol. The Morgan fingerprint density at radius 3 is 2.50 bits per heavy atom. The van der Waals surface area contributed by atoms with Gasteiger partial charge in [-0.05, 0) is 42.7 Å². The number of nitrogens with one attached hydrogen (secondary N) is 1. The zero-order valence-electron chi connectivity index (χ0n) is 18.4. The quantitative estimate of drug-likeness (QED) is 0.414. The van der Waals surface area contributed by atoms with Gasteiger partial charge in [-0.2, -0.15) is 0 Å². The molecule has 0 aliphatic rings. The highest BCUT2D eigenvalue weighted by Gasteiger charge is 2.16. The molecule has 8 nitrogen and oxygen atoms in total. The Balaban J connectivity index is 1.67. The molecule has 164 valence electrons. The van der Waals surface area contributed by atoms with E-state index in [9.17, 15) is 4.79 Å². The Bertz CT molecular complexity index is 1200. The van der Waals surface area contributed by atoms with Crippen LogP contribution in [0.15, 0.2) is 54.6 Å². The maximum atomic E-state index is 11.9. The largest absolute Gasteiger partial charge is 0.462 e. The van der Waals surface area contributed by atoms with Gasteiger partial charge in [-0.1, -0.05) is 49.4 Å². The van der Waals surface area contributed by atoms with Crippen molar-refractivity contribution in [2.45, 2.75) is 33.7 Å².